The van der Waals surface area contributed by atoms with E-state index in [4.69, 9.17) is 0 Å². The number of aromatic amines is 1. The SMILES string of the molecule is O=C(C[NH+]1CCCCC1)N=Nc1c(O)[nH]c2ccccc12. The number of rotatable bonds is 3. The molecule has 0 saturated carbocycles. The van der Waals surface area contributed by atoms with Crippen molar-refractivity contribution in [3.8, 4) is 5.88 Å². The number of fused-ring (bicyclic) bond motifs is 1. The summed E-state index contributed by atoms with van der Waals surface area (Å²) in [5, 5.41) is 18.3. The summed E-state index contributed by atoms with van der Waals surface area (Å²) in [6, 6.07) is 7.40. The molecule has 6 heteroatoms. The Morgan fingerprint density at radius 2 is 2.00 bits per heavy atom. The molecule has 6 nitrogen and oxygen atoms in total. The Kier molecular flexibility index (Phi) is 3.96. The average molecular weight is 287 g/mol. The fraction of sp³-hybridized carbons (Fsp3) is 0.400. The van der Waals surface area contributed by atoms with Gasteiger partial charge in [-0.1, -0.05) is 18.2 Å². The first-order valence-electron chi connectivity index (χ1n) is 7.32. The van der Waals surface area contributed by atoms with E-state index in [1.54, 1.807) is 0 Å². The number of amides is 1. The standard InChI is InChI=1S/C15H18N4O2/c20-13(10-19-8-4-1-5-9-19)17-18-14-11-6-2-3-7-12(11)16-15(14)21/h2-3,6-7,16,21H,1,4-5,8-10H2/p+1. The van der Waals surface area contributed by atoms with Gasteiger partial charge in [-0.2, -0.15) is 0 Å². The first-order valence-corrected chi connectivity index (χ1v) is 7.32. The second-order valence-electron chi connectivity index (χ2n) is 5.45. The fourth-order valence-corrected chi connectivity index (χ4v) is 2.80. The molecule has 2 heterocycles. The summed E-state index contributed by atoms with van der Waals surface area (Å²) in [6.07, 6.45) is 3.59. The van der Waals surface area contributed by atoms with Crippen LogP contribution in [0.4, 0.5) is 5.69 Å². The number of aromatic hydroxyl groups is 1. The van der Waals surface area contributed by atoms with E-state index in [0.29, 0.717) is 12.2 Å². The Morgan fingerprint density at radius 3 is 2.81 bits per heavy atom. The third-order valence-corrected chi connectivity index (χ3v) is 3.88. The molecular weight excluding hydrogens is 268 g/mol. The molecule has 0 radical (unpaired) electrons. The molecule has 1 aromatic carbocycles. The Morgan fingerprint density at radius 1 is 1.24 bits per heavy atom. The Labute approximate surface area is 122 Å². The van der Waals surface area contributed by atoms with E-state index in [1.807, 2.05) is 24.3 Å². The number of likely N-dealkylation sites (tertiary alicyclic amines) is 1. The van der Waals surface area contributed by atoms with Crippen LogP contribution in [0.15, 0.2) is 34.5 Å². The second-order valence-corrected chi connectivity index (χ2v) is 5.45. The van der Waals surface area contributed by atoms with E-state index >= 15 is 0 Å². The van der Waals surface area contributed by atoms with Crippen molar-refractivity contribution in [2.75, 3.05) is 19.6 Å². The molecule has 1 aliphatic heterocycles. The molecule has 0 unspecified atom stereocenters. The van der Waals surface area contributed by atoms with Crippen LogP contribution in [0.2, 0.25) is 0 Å². The molecule has 1 aromatic heterocycles. The van der Waals surface area contributed by atoms with Crippen molar-refractivity contribution in [3.63, 3.8) is 0 Å². The van der Waals surface area contributed by atoms with Crippen LogP contribution in [0.1, 0.15) is 19.3 Å². The number of H-pyrrole nitrogens is 1. The zero-order chi connectivity index (χ0) is 14.7. The van der Waals surface area contributed by atoms with Gasteiger partial charge in [0.2, 0.25) is 5.88 Å². The third kappa shape index (κ3) is 3.11. The Hall–Kier alpha value is -2.21. The minimum atomic E-state index is -0.239. The number of piperidine rings is 1. The van der Waals surface area contributed by atoms with Gasteiger partial charge in [0.1, 0.15) is 0 Å². The van der Waals surface area contributed by atoms with Crippen LogP contribution >= 0.6 is 0 Å². The van der Waals surface area contributed by atoms with E-state index in [1.165, 1.54) is 24.2 Å². The number of hydrogen-bond donors (Lipinski definition) is 3. The molecule has 2 aromatic rings. The van der Waals surface area contributed by atoms with E-state index < -0.39 is 0 Å². The smallest absolute Gasteiger partial charge is 0.319 e. The lowest BCUT2D eigenvalue weighted by atomic mass is 10.1. The number of nitrogens with zero attached hydrogens (tertiary/aromatic N) is 2. The van der Waals surface area contributed by atoms with Crippen LogP contribution in [-0.2, 0) is 4.79 Å². The maximum absolute atomic E-state index is 11.9. The molecule has 1 aliphatic rings. The highest BCUT2D eigenvalue weighted by molar-refractivity contribution is 5.94. The molecular formula is C15H19N4O2+. The quantitative estimate of drug-likeness (QED) is 0.749. The zero-order valence-electron chi connectivity index (χ0n) is 11.8. The number of nitrogens with one attached hydrogen (secondary N) is 2. The van der Waals surface area contributed by atoms with Crippen molar-refractivity contribution in [2.24, 2.45) is 10.2 Å². The summed E-state index contributed by atoms with van der Waals surface area (Å²) in [5.41, 5.74) is 1.10. The number of azo groups is 1. The Balaban J connectivity index is 1.72. The maximum atomic E-state index is 11.9. The highest BCUT2D eigenvalue weighted by atomic mass is 16.3. The summed E-state index contributed by atoms with van der Waals surface area (Å²) in [6.45, 7) is 2.44. The predicted octanol–water partition coefficient (Wildman–Crippen LogP) is 1.55. The van der Waals surface area contributed by atoms with E-state index in [2.05, 4.69) is 15.2 Å². The monoisotopic (exact) mass is 287 g/mol. The summed E-state index contributed by atoms with van der Waals surface area (Å²) in [5.74, 6) is -0.297. The van der Waals surface area contributed by atoms with Gasteiger partial charge in [-0.3, -0.25) is 4.79 Å². The lowest BCUT2D eigenvalue weighted by Crippen LogP contribution is -3.13. The van der Waals surface area contributed by atoms with Gasteiger partial charge in [-0.05, 0) is 25.3 Å². The minimum Gasteiger partial charge on any atom is -0.493 e. The van der Waals surface area contributed by atoms with Crippen LogP contribution in [0, 0.1) is 0 Å². The molecule has 3 N–H and O–H groups in total. The zero-order valence-corrected chi connectivity index (χ0v) is 11.8. The number of benzene rings is 1. The molecule has 0 atom stereocenters. The first-order chi connectivity index (χ1) is 10.2. The molecule has 1 saturated heterocycles. The fourth-order valence-electron chi connectivity index (χ4n) is 2.80. The number of quaternary nitrogens is 1. The number of hydrogen-bond acceptors (Lipinski definition) is 3. The number of carbonyl (C=O) groups excluding carboxylic acids is 1. The van der Waals surface area contributed by atoms with E-state index in [-0.39, 0.29) is 11.8 Å². The summed E-state index contributed by atoms with van der Waals surface area (Å²) in [4.78, 5) is 16.0. The van der Waals surface area contributed by atoms with Crippen molar-refractivity contribution in [2.45, 2.75) is 19.3 Å². The van der Waals surface area contributed by atoms with Gasteiger partial charge >= 0.3 is 5.91 Å². The highest BCUT2D eigenvalue weighted by Crippen LogP contribution is 2.34. The third-order valence-electron chi connectivity index (χ3n) is 3.88. The van der Waals surface area contributed by atoms with E-state index in [0.717, 1.165) is 24.0 Å². The normalized spacial score (nSPS) is 16.8. The second kappa shape index (κ2) is 6.05. The molecule has 1 fully saturated rings. The van der Waals surface area contributed by atoms with E-state index in [9.17, 15) is 9.90 Å². The summed E-state index contributed by atoms with van der Waals surface area (Å²) in [7, 11) is 0. The topological polar surface area (TPSA) is 82.2 Å². The molecule has 1 amide bonds. The van der Waals surface area contributed by atoms with Crippen LogP contribution in [0.25, 0.3) is 10.9 Å². The highest BCUT2D eigenvalue weighted by Gasteiger charge is 2.17. The first kappa shape index (κ1) is 13.8. The average Bonchev–Trinajstić information content (AvgIpc) is 2.81. The number of carbonyl (C=O) groups is 1. The van der Waals surface area contributed by atoms with Gasteiger partial charge in [0.15, 0.2) is 12.2 Å². The number of aromatic nitrogens is 1. The van der Waals surface area contributed by atoms with Crippen LogP contribution in [0.5, 0.6) is 5.88 Å². The van der Waals surface area contributed by atoms with Gasteiger partial charge in [0, 0.05) is 5.39 Å². The van der Waals surface area contributed by atoms with Crippen LogP contribution in [-0.4, -0.2) is 35.6 Å². The largest absolute Gasteiger partial charge is 0.493 e. The van der Waals surface area contributed by atoms with Crippen molar-refractivity contribution >= 4 is 22.5 Å². The van der Waals surface area contributed by atoms with Crippen molar-refractivity contribution < 1.29 is 14.8 Å². The molecule has 0 bridgehead atoms. The van der Waals surface area contributed by atoms with Gasteiger partial charge in [0.05, 0.1) is 18.6 Å². The van der Waals surface area contributed by atoms with Gasteiger partial charge in [-0.25, -0.2) is 0 Å². The molecule has 110 valence electrons. The van der Waals surface area contributed by atoms with Crippen molar-refractivity contribution in [1.29, 1.82) is 0 Å². The van der Waals surface area contributed by atoms with Crippen LogP contribution < -0.4 is 4.90 Å². The molecule has 21 heavy (non-hydrogen) atoms. The van der Waals surface area contributed by atoms with Gasteiger partial charge in [0.25, 0.3) is 0 Å². The lowest BCUT2D eigenvalue weighted by molar-refractivity contribution is -0.896. The molecule has 0 aliphatic carbocycles. The van der Waals surface area contributed by atoms with Crippen molar-refractivity contribution in [3.05, 3.63) is 24.3 Å². The maximum Gasteiger partial charge on any atom is 0.319 e. The summed E-state index contributed by atoms with van der Waals surface area (Å²) < 4.78 is 0. The molecule has 0 spiro atoms. The van der Waals surface area contributed by atoms with Crippen LogP contribution in [0.3, 0.4) is 0 Å². The summed E-state index contributed by atoms with van der Waals surface area (Å²) >= 11 is 0. The molecule has 3 rings (SSSR count). The van der Waals surface area contributed by atoms with Gasteiger partial charge in [-0.15, -0.1) is 10.2 Å². The van der Waals surface area contributed by atoms with Gasteiger partial charge < -0.3 is 15.0 Å². The lowest BCUT2D eigenvalue weighted by Gasteiger charge is -2.21. The van der Waals surface area contributed by atoms with Crippen molar-refractivity contribution in [1.82, 2.24) is 4.98 Å². The Bertz CT molecular complexity index is 671. The minimum absolute atomic E-state index is 0.0573. The number of para-hydroxylation sites is 1. The predicted molar refractivity (Wildman–Crippen MR) is 78.9 cm³/mol.